The Balaban J connectivity index is 2.32. The molecule has 0 aromatic heterocycles. The van der Waals surface area contributed by atoms with Gasteiger partial charge in [-0.1, -0.05) is 65.0 Å². The molecule has 1 amide bonds. The van der Waals surface area contributed by atoms with Crippen LogP contribution in [0.1, 0.15) is 59.6 Å². The Morgan fingerprint density at radius 1 is 0.676 bits per heavy atom. The summed E-state index contributed by atoms with van der Waals surface area (Å²) >= 11 is 0. The molecule has 0 radical (unpaired) electrons. The highest BCUT2D eigenvalue weighted by atomic mass is 28.4. The SMILES string of the molecule is CCOC(=O)/C=C/C=C/[C@H](C)[C@@H](OC(=O)Nc1ccc(F)cc1F)c1ccc(OCCO[Si](CCC(F)(F)C(F)(F)C(F)(F)C(F)(F)C(F)(F)C(F)(F)C(F)(F)C(F)(F)F)(C(C)C)C(C)C)cc1. The lowest BCUT2D eigenvalue weighted by atomic mass is 9.88. The monoisotopic (exact) mass is 1040 g/mol. The molecule has 0 bridgehead atoms. The number of halogens is 19. The fourth-order valence-corrected chi connectivity index (χ4v) is 11.0. The van der Waals surface area contributed by atoms with Gasteiger partial charge in [0.25, 0.3) is 0 Å². The minimum Gasteiger partial charge on any atom is -0.491 e. The zero-order valence-corrected chi connectivity index (χ0v) is 37.3. The van der Waals surface area contributed by atoms with Gasteiger partial charge in [0.05, 0.1) is 18.9 Å². The molecule has 0 aliphatic heterocycles. The molecule has 0 aliphatic carbocycles. The lowest BCUT2D eigenvalue weighted by Gasteiger charge is -2.44. The fraction of sp³-hybridized carbons (Fsp3) is 0.561. The van der Waals surface area contributed by atoms with Gasteiger partial charge in [-0.25, -0.2) is 18.4 Å². The molecular formula is C41H44F19NO6Si. The second-order valence-corrected chi connectivity index (χ2v) is 20.6. The first-order chi connectivity index (χ1) is 30.8. The van der Waals surface area contributed by atoms with Crippen LogP contribution in [0.15, 0.2) is 66.8 Å². The standard InChI is InChI=1S/C41H44F19NO6Si/c1-7-64-31(62)11-9-8-10-25(6)32(67-33(63)61-30-17-14-27(42)22-29(30)43)26-12-15-28(16-13-26)65-19-20-66-68(23(2)3,24(4)5)21-18-34(44,45)35(46,47)36(48,49)37(50,51)38(52,53)39(54,55)40(56,57)41(58,59)60/h8-17,22-25,32H,7,18-21H2,1-6H3,(H,61,63)/b10-8+,11-9+/t25-,32+/m0/s1. The zero-order chi connectivity index (χ0) is 52.7. The van der Waals surface area contributed by atoms with Gasteiger partial charge in [-0.05, 0) is 53.9 Å². The van der Waals surface area contributed by atoms with E-state index in [-0.39, 0.29) is 17.9 Å². The van der Waals surface area contributed by atoms with Gasteiger partial charge >= 0.3 is 59.7 Å². The number of amides is 1. The van der Waals surface area contributed by atoms with Crippen LogP contribution in [0, 0.1) is 17.6 Å². The molecule has 68 heavy (non-hydrogen) atoms. The van der Waals surface area contributed by atoms with Crippen LogP contribution >= 0.6 is 0 Å². The summed E-state index contributed by atoms with van der Waals surface area (Å²) in [5.41, 5.74) is -2.01. The van der Waals surface area contributed by atoms with Crippen LogP contribution in [0.4, 0.5) is 93.9 Å². The molecule has 0 aliphatic rings. The van der Waals surface area contributed by atoms with E-state index in [0.717, 1.165) is 18.2 Å². The maximum atomic E-state index is 15.0. The summed E-state index contributed by atoms with van der Waals surface area (Å²) in [5, 5.41) is 2.13. The summed E-state index contributed by atoms with van der Waals surface area (Å²) in [6, 6.07) is 6.33. The summed E-state index contributed by atoms with van der Waals surface area (Å²) < 4.78 is 285. The number of nitrogens with one attached hydrogen (secondary N) is 1. The van der Waals surface area contributed by atoms with Crippen molar-refractivity contribution >= 4 is 26.1 Å². The van der Waals surface area contributed by atoms with Crippen LogP contribution in [0.25, 0.3) is 0 Å². The third kappa shape index (κ3) is 12.4. The van der Waals surface area contributed by atoms with E-state index in [2.05, 4.69) is 5.32 Å². The number of ether oxygens (including phenoxy) is 3. The number of anilines is 1. The smallest absolute Gasteiger partial charge is 0.460 e. The van der Waals surface area contributed by atoms with E-state index in [1.54, 1.807) is 13.8 Å². The molecule has 2 rings (SSSR count). The summed E-state index contributed by atoms with van der Waals surface area (Å²) in [5.74, 6) is -60.4. The van der Waals surface area contributed by atoms with E-state index >= 15 is 8.78 Å². The lowest BCUT2D eigenvalue weighted by molar-refractivity contribution is -0.461. The van der Waals surface area contributed by atoms with E-state index in [4.69, 9.17) is 18.6 Å². The Bertz CT molecular complexity index is 2050. The number of alkyl halides is 17. The first-order valence-corrected chi connectivity index (χ1v) is 22.1. The first-order valence-electron chi connectivity index (χ1n) is 19.8. The molecule has 2 aromatic rings. The van der Waals surface area contributed by atoms with Crippen LogP contribution in [-0.4, -0.2) is 87.8 Å². The Kier molecular flexibility index (Phi) is 19.2. The summed E-state index contributed by atoms with van der Waals surface area (Å²) in [7, 11) is -4.06. The zero-order valence-electron chi connectivity index (χ0n) is 36.3. The maximum Gasteiger partial charge on any atom is 0.460 e. The van der Waals surface area contributed by atoms with Gasteiger partial charge in [-0.3, -0.25) is 5.32 Å². The Hall–Kier alpha value is -4.69. The second-order valence-electron chi connectivity index (χ2n) is 15.6. The van der Waals surface area contributed by atoms with E-state index in [9.17, 15) is 84.2 Å². The lowest BCUT2D eigenvalue weighted by Crippen LogP contribution is -2.74. The number of esters is 1. The molecule has 386 valence electrons. The summed E-state index contributed by atoms with van der Waals surface area (Å²) in [4.78, 5) is 24.5. The van der Waals surface area contributed by atoms with Gasteiger partial charge in [0.1, 0.15) is 30.1 Å². The quantitative estimate of drug-likeness (QED) is 0.0282. The highest BCUT2D eigenvalue weighted by Crippen LogP contribution is 2.64. The fourth-order valence-electron chi connectivity index (χ4n) is 6.49. The third-order valence-electron chi connectivity index (χ3n) is 10.4. The van der Waals surface area contributed by atoms with Crippen molar-refractivity contribution < 1.29 is 112 Å². The normalized spacial score (nSPS) is 15.0. The molecule has 0 saturated carbocycles. The van der Waals surface area contributed by atoms with Crippen molar-refractivity contribution in [2.45, 2.75) is 119 Å². The number of hydrogen-bond donors (Lipinski definition) is 1. The Labute approximate surface area is 377 Å². The minimum absolute atomic E-state index is 0.0422. The minimum atomic E-state index is -8.72. The van der Waals surface area contributed by atoms with Gasteiger partial charge in [0.15, 0.2) is 8.32 Å². The number of carbonyl (C=O) groups excluding carboxylic acids is 2. The van der Waals surface area contributed by atoms with Crippen LogP contribution in [0.2, 0.25) is 17.1 Å². The second kappa shape index (κ2) is 21.9. The third-order valence-corrected chi connectivity index (χ3v) is 16.1. The highest BCUT2D eigenvalue weighted by molar-refractivity contribution is 6.76. The number of allylic oxidation sites excluding steroid dienone is 2. The Morgan fingerprint density at radius 3 is 1.68 bits per heavy atom. The highest BCUT2D eigenvalue weighted by Gasteiger charge is 2.95. The number of rotatable bonds is 24. The van der Waals surface area contributed by atoms with Crippen molar-refractivity contribution in [2.75, 3.05) is 25.1 Å². The van der Waals surface area contributed by atoms with Crippen molar-refractivity contribution in [1.29, 1.82) is 0 Å². The molecule has 0 heterocycles. The van der Waals surface area contributed by atoms with E-state index in [0.29, 0.717) is 6.07 Å². The molecule has 0 fully saturated rings. The van der Waals surface area contributed by atoms with Gasteiger partial charge in [-0.15, -0.1) is 0 Å². The van der Waals surface area contributed by atoms with E-state index in [1.807, 2.05) is 0 Å². The predicted molar refractivity (Wildman–Crippen MR) is 207 cm³/mol. The van der Waals surface area contributed by atoms with Gasteiger partial charge in [0.2, 0.25) is 0 Å². The van der Waals surface area contributed by atoms with Crippen molar-refractivity contribution in [3.63, 3.8) is 0 Å². The topological polar surface area (TPSA) is 83.1 Å². The predicted octanol–water partition coefficient (Wildman–Crippen LogP) is 14.1. The van der Waals surface area contributed by atoms with Crippen LogP contribution < -0.4 is 10.1 Å². The van der Waals surface area contributed by atoms with Gasteiger partial charge in [-0.2, -0.15) is 74.6 Å². The van der Waals surface area contributed by atoms with Crippen molar-refractivity contribution in [3.05, 3.63) is 84.0 Å². The average molecular weight is 1040 g/mol. The van der Waals surface area contributed by atoms with Gasteiger partial charge < -0.3 is 18.6 Å². The van der Waals surface area contributed by atoms with E-state index in [1.165, 1.54) is 70.2 Å². The largest absolute Gasteiger partial charge is 0.491 e. The van der Waals surface area contributed by atoms with Crippen molar-refractivity contribution in [1.82, 2.24) is 0 Å². The number of carbonyl (C=O) groups is 2. The molecule has 0 saturated heterocycles. The van der Waals surface area contributed by atoms with Crippen LogP contribution in [0.5, 0.6) is 5.75 Å². The van der Waals surface area contributed by atoms with Crippen molar-refractivity contribution in [2.24, 2.45) is 5.92 Å². The molecule has 2 atom stereocenters. The van der Waals surface area contributed by atoms with Crippen molar-refractivity contribution in [3.8, 4) is 5.75 Å². The molecule has 1 N–H and O–H groups in total. The Morgan fingerprint density at radius 2 is 1.19 bits per heavy atom. The molecule has 2 aromatic carbocycles. The first kappa shape index (κ1) is 59.4. The van der Waals surface area contributed by atoms with Gasteiger partial charge in [0, 0.05) is 24.5 Å². The average Bonchev–Trinajstić information content (AvgIpc) is 3.21. The summed E-state index contributed by atoms with van der Waals surface area (Å²) in [6.45, 7) is 7.36. The molecule has 7 nitrogen and oxygen atoms in total. The maximum absolute atomic E-state index is 15.0. The number of benzene rings is 2. The summed E-state index contributed by atoms with van der Waals surface area (Å²) in [6.07, 6.45) is -7.43. The molecule has 0 spiro atoms. The van der Waals surface area contributed by atoms with Crippen LogP contribution in [-0.2, 0) is 18.7 Å². The number of hydrogen-bond acceptors (Lipinski definition) is 6. The molecule has 0 unspecified atom stereocenters. The van der Waals surface area contributed by atoms with Crippen LogP contribution in [0.3, 0.4) is 0 Å². The van der Waals surface area contributed by atoms with E-state index < -0.39 is 134 Å². The molecular weight excluding hydrogens is 992 g/mol. The molecule has 27 heteroatoms.